The lowest BCUT2D eigenvalue weighted by atomic mass is 10.3. The van der Waals surface area contributed by atoms with Gasteiger partial charge < -0.3 is 0 Å². The summed E-state index contributed by atoms with van der Waals surface area (Å²) in [5, 5.41) is 0. The summed E-state index contributed by atoms with van der Waals surface area (Å²) >= 11 is 6.92. The van der Waals surface area contributed by atoms with E-state index in [1.807, 2.05) is 24.3 Å². The van der Waals surface area contributed by atoms with Crippen LogP contribution in [0.5, 0.6) is 0 Å². The Kier molecular flexibility index (Phi) is 3.18. The van der Waals surface area contributed by atoms with Gasteiger partial charge in [-0.3, -0.25) is 0 Å². The molecule has 0 unspecified atom stereocenters. The van der Waals surface area contributed by atoms with Gasteiger partial charge in [-0.05, 0) is 30.3 Å². The summed E-state index contributed by atoms with van der Waals surface area (Å²) in [5.74, 6) is 0. The number of fused-ring (bicyclic) bond motifs is 1. The molecule has 4 heteroatoms. The van der Waals surface area contributed by atoms with Crippen molar-refractivity contribution in [3.05, 3.63) is 53.0 Å². The summed E-state index contributed by atoms with van der Waals surface area (Å²) in [7, 11) is 0. The Bertz CT molecular complexity index is 630. The maximum atomic E-state index is 4.60. The van der Waals surface area contributed by atoms with Crippen LogP contribution < -0.4 is 0 Å². The predicted molar refractivity (Wildman–Crippen MR) is 77.9 cm³/mol. The minimum Gasteiger partial charge on any atom is -0.229 e. The molecule has 84 valence electrons. The van der Waals surface area contributed by atoms with Gasteiger partial charge in [-0.25, -0.2) is 4.98 Å². The molecule has 0 spiro atoms. The van der Waals surface area contributed by atoms with Crippen LogP contribution in [0, 0.1) is 0 Å². The van der Waals surface area contributed by atoms with Crippen molar-refractivity contribution in [3.8, 4) is 0 Å². The van der Waals surface area contributed by atoms with E-state index in [2.05, 4.69) is 45.2 Å². The van der Waals surface area contributed by atoms with Crippen LogP contribution in [0.25, 0.3) is 10.2 Å². The van der Waals surface area contributed by atoms with Crippen molar-refractivity contribution in [1.29, 1.82) is 0 Å². The molecule has 0 saturated heterocycles. The first kappa shape index (κ1) is 11.3. The van der Waals surface area contributed by atoms with E-state index in [1.165, 1.54) is 9.60 Å². The van der Waals surface area contributed by atoms with Gasteiger partial charge in [0.05, 0.1) is 10.2 Å². The highest BCUT2D eigenvalue weighted by atomic mass is 79.9. The molecule has 0 fully saturated rings. The smallest absolute Gasteiger partial charge is 0.155 e. The van der Waals surface area contributed by atoms with E-state index in [0.717, 1.165) is 14.3 Å². The number of hydrogen-bond acceptors (Lipinski definition) is 3. The van der Waals surface area contributed by atoms with Gasteiger partial charge in [-0.2, -0.15) is 0 Å². The lowest BCUT2D eigenvalue weighted by Gasteiger charge is -1.97. The molecule has 3 aromatic rings. The molecule has 0 amide bonds. The summed E-state index contributed by atoms with van der Waals surface area (Å²) in [6.45, 7) is 0. The minimum absolute atomic E-state index is 1.08. The van der Waals surface area contributed by atoms with Crippen molar-refractivity contribution in [2.45, 2.75) is 9.24 Å². The Morgan fingerprint density at radius 3 is 2.76 bits per heavy atom. The number of hydrogen-bond donors (Lipinski definition) is 0. The summed E-state index contributed by atoms with van der Waals surface area (Å²) in [5.41, 5.74) is 1.08. The summed E-state index contributed by atoms with van der Waals surface area (Å²) in [6, 6.07) is 16.5. The van der Waals surface area contributed by atoms with E-state index >= 15 is 0 Å². The van der Waals surface area contributed by atoms with Crippen LogP contribution in [-0.2, 0) is 0 Å². The lowest BCUT2D eigenvalue weighted by Crippen LogP contribution is -1.72. The molecule has 1 nitrogen and oxygen atoms in total. The van der Waals surface area contributed by atoms with Gasteiger partial charge >= 0.3 is 0 Å². The number of halogens is 1. The van der Waals surface area contributed by atoms with Crippen LogP contribution in [-0.4, -0.2) is 4.98 Å². The summed E-state index contributed by atoms with van der Waals surface area (Å²) in [4.78, 5) is 5.81. The molecule has 0 atom stereocenters. The number of para-hydroxylation sites is 1. The van der Waals surface area contributed by atoms with Crippen molar-refractivity contribution < 1.29 is 0 Å². The van der Waals surface area contributed by atoms with Crippen molar-refractivity contribution in [3.63, 3.8) is 0 Å². The van der Waals surface area contributed by atoms with Gasteiger partial charge in [-0.15, -0.1) is 11.3 Å². The molecule has 1 heterocycles. The average Bonchev–Trinajstić information content (AvgIpc) is 2.71. The predicted octanol–water partition coefficient (Wildman–Crippen LogP) is 5.21. The third kappa shape index (κ3) is 2.54. The monoisotopic (exact) mass is 321 g/mol. The van der Waals surface area contributed by atoms with Crippen LogP contribution in [0.1, 0.15) is 0 Å². The van der Waals surface area contributed by atoms with Gasteiger partial charge in [0.2, 0.25) is 0 Å². The molecule has 0 aliphatic rings. The van der Waals surface area contributed by atoms with Crippen molar-refractivity contribution >= 4 is 49.2 Å². The standard InChI is InChI=1S/C13H8BrNS2/c14-9-4-3-5-10(8-9)16-13-15-11-6-1-2-7-12(11)17-13/h1-8H. The molecule has 0 N–H and O–H groups in total. The average molecular weight is 322 g/mol. The number of rotatable bonds is 2. The van der Waals surface area contributed by atoms with Crippen molar-refractivity contribution in [2.75, 3.05) is 0 Å². The fourth-order valence-corrected chi connectivity index (χ4v) is 4.18. The van der Waals surface area contributed by atoms with Crippen molar-refractivity contribution in [2.24, 2.45) is 0 Å². The molecule has 3 rings (SSSR count). The van der Waals surface area contributed by atoms with E-state index in [1.54, 1.807) is 23.1 Å². The number of nitrogens with zero attached hydrogens (tertiary/aromatic N) is 1. The zero-order valence-corrected chi connectivity index (χ0v) is 12.0. The van der Waals surface area contributed by atoms with E-state index in [9.17, 15) is 0 Å². The third-order valence-corrected chi connectivity index (χ3v) is 4.86. The Hall–Kier alpha value is -0.840. The quantitative estimate of drug-likeness (QED) is 0.642. The molecule has 0 bridgehead atoms. The fraction of sp³-hybridized carbons (Fsp3) is 0. The number of benzene rings is 2. The lowest BCUT2D eigenvalue weighted by molar-refractivity contribution is 1.29. The van der Waals surface area contributed by atoms with Crippen LogP contribution in [0.15, 0.2) is 62.2 Å². The molecule has 0 radical (unpaired) electrons. The Labute approximate surface area is 116 Å². The second-order valence-electron chi connectivity index (χ2n) is 3.51. The Balaban J connectivity index is 1.94. The highest BCUT2D eigenvalue weighted by Gasteiger charge is 2.05. The molecule has 17 heavy (non-hydrogen) atoms. The highest BCUT2D eigenvalue weighted by molar-refractivity contribution is 9.10. The van der Waals surface area contributed by atoms with Gasteiger partial charge in [0.1, 0.15) is 0 Å². The van der Waals surface area contributed by atoms with E-state index in [-0.39, 0.29) is 0 Å². The van der Waals surface area contributed by atoms with Crippen LogP contribution >= 0.6 is 39.0 Å². The first-order valence-corrected chi connectivity index (χ1v) is 7.53. The second kappa shape index (κ2) is 4.80. The van der Waals surface area contributed by atoms with Gasteiger partial charge in [-0.1, -0.05) is 45.9 Å². The molecular formula is C13H8BrNS2. The van der Waals surface area contributed by atoms with Gasteiger partial charge in [0.15, 0.2) is 4.34 Å². The van der Waals surface area contributed by atoms with Crippen LogP contribution in [0.4, 0.5) is 0 Å². The second-order valence-corrected chi connectivity index (χ2v) is 6.77. The topological polar surface area (TPSA) is 12.9 Å². The zero-order chi connectivity index (χ0) is 11.7. The SMILES string of the molecule is Brc1cccc(Sc2nc3ccccc3s2)c1. The van der Waals surface area contributed by atoms with E-state index < -0.39 is 0 Å². The first-order valence-electron chi connectivity index (χ1n) is 5.10. The van der Waals surface area contributed by atoms with Gasteiger partial charge in [0.25, 0.3) is 0 Å². The zero-order valence-electron chi connectivity index (χ0n) is 8.76. The molecule has 1 aromatic heterocycles. The van der Waals surface area contributed by atoms with Crippen LogP contribution in [0.2, 0.25) is 0 Å². The number of thiazole rings is 1. The molecule has 2 aromatic carbocycles. The molecule has 0 saturated carbocycles. The maximum absolute atomic E-state index is 4.60. The van der Waals surface area contributed by atoms with E-state index in [4.69, 9.17) is 0 Å². The Morgan fingerprint density at radius 2 is 1.94 bits per heavy atom. The van der Waals surface area contributed by atoms with Crippen LogP contribution in [0.3, 0.4) is 0 Å². The Morgan fingerprint density at radius 1 is 1.06 bits per heavy atom. The summed E-state index contributed by atoms with van der Waals surface area (Å²) in [6.07, 6.45) is 0. The largest absolute Gasteiger partial charge is 0.229 e. The first-order chi connectivity index (χ1) is 8.31. The normalized spacial score (nSPS) is 10.9. The van der Waals surface area contributed by atoms with Crippen molar-refractivity contribution in [1.82, 2.24) is 4.98 Å². The molecular weight excluding hydrogens is 314 g/mol. The molecule has 0 aliphatic carbocycles. The third-order valence-electron chi connectivity index (χ3n) is 2.28. The number of aromatic nitrogens is 1. The minimum atomic E-state index is 1.08. The molecule has 0 aliphatic heterocycles. The van der Waals surface area contributed by atoms with Gasteiger partial charge in [0, 0.05) is 9.37 Å². The fourth-order valence-electron chi connectivity index (χ4n) is 1.53. The summed E-state index contributed by atoms with van der Waals surface area (Å²) < 4.78 is 3.43. The van der Waals surface area contributed by atoms with E-state index in [0.29, 0.717) is 0 Å². The maximum Gasteiger partial charge on any atom is 0.155 e. The highest BCUT2D eigenvalue weighted by Crippen LogP contribution is 2.34.